The van der Waals surface area contributed by atoms with E-state index in [0.717, 1.165) is 43.5 Å². The minimum atomic E-state index is -1.51. The quantitative estimate of drug-likeness (QED) is 0.629. The Hall–Kier alpha value is -2.89. The molecule has 0 aromatic heterocycles. The molecule has 0 unspecified atom stereocenters. The van der Waals surface area contributed by atoms with Gasteiger partial charge in [0.2, 0.25) is 0 Å². The van der Waals surface area contributed by atoms with Crippen LogP contribution in [0.15, 0.2) is 72.8 Å². The van der Waals surface area contributed by atoms with Crippen LogP contribution in [0.25, 0.3) is 11.1 Å². The summed E-state index contributed by atoms with van der Waals surface area (Å²) in [5.41, 5.74) is 5.60. The van der Waals surface area contributed by atoms with Crippen molar-refractivity contribution < 1.29 is 14.8 Å². The molecule has 0 bridgehead atoms. The summed E-state index contributed by atoms with van der Waals surface area (Å²) in [5.74, 6) is 0.565. The maximum atomic E-state index is 13.1. The molecule has 1 fully saturated rings. The molecular weight excluding hydrogens is 385 g/mol. The van der Waals surface area contributed by atoms with E-state index in [0.29, 0.717) is 16.9 Å². The molecule has 0 aliphatic carbocycles. The van der Waals surface area contributed by atoms with Crippen LogP contribution >= 0.6 is 0 Å². The van der Waals surface area contributed by atoms with Crippen molar-refractivity contribution in [2.75, 3.05) is 13.1 Å². The number of hydrogen-bond acceptors (Lipinski definition) is 3. The molecule has 1 aliphatic heterocycles. The monoisotopic (exact) mass is 413 g/mol. The number of rotatable bonds is 5. The number of carbonyl (C=O) groups is 1. The Kier molecular flexibility index (Phi) is 6.54. The lowest BCUT2D eigenvalue weighted by atomic mass is 9.79. The van der Waals surface area contributed by atoms with Crippen molar-refractivity contribution in [2.45, 2.75) is 32.1 Å². The molecule has 1 saturated heterocycles. The van der Waals surface area contributed by atoms with Gasteiger partial charge in [0, 0.05) is 18.7 Å². The highest BCUT2D eigenvalue weighted by atomic mass is 16.4. The molecule has 158 valence electrons. The van der Waals surface area contributed by atoms with Crippen molar-refractivity contribution in [3.63, 3.8) is 0 Å². The normalized spacial score (nSPS) is 14.5. The first kappa shape index (κ1) is 21.4. The van der Waals surface area contributed by atoms with Crippen LogP contribution < -0.4 is 5.46 Å². The van der Waals surface area contributed by atoms with Gasteiger partial charge in [-0.25, -0.2) is 0 Å². The van der Waals surface area contributed by atoms with E-state index in [9.17, 15) is 14.8 Å². The highest BCUT2D eigenvalue weighted by molar-refractivity contribution is 6.58. The van der Waals surface area contributed by atoms with Crippen molar-refractivity contribution in [1.82, 2.24) is 4.90 Å². The fraction of sp³-hybridized carbons (Fsp3) is 0.269. The average molecular weight is 413 g/mol. The second-order valence-corrected chi connectivity index (χ2v) is 8.25. The van der Waals surface area contributed by atoms with Crippen LogP contribution in [0.5, 0.6) is 0 Å². The average Bonchev–Trinajstić information content (AvgIpc) is 2.84. The van der Waals surface area contributed by atoms with Crippen LogP contribution in [0.2, 0.25) is 0 Å². The Bertz CT molecular complexity index is 1060. The Balaban J connectivity index is 1.46. The van der Waals surface area contributed by atoms with Crippen molar-refractivity contribution in [1.29, 1.82) is 0 Å². The van der Waals surface area contributed by atoms with Gasteiger partial charge >= 0.3 is 7.12 Å². The molecule has 2 N–H and O–H groups in total. The largest absolute Gasteiger partial charge is 0.488 e. The lowest BCUT2D eigenvalue weighted by molar-refractivity contribution is 0.0713. The molecule has 1 heterocycles. The highest BCUT2D eigenvalue weighted by Gasteiger charge is 2.25. The molecule has 4 rings (SSSR count). The third-order valence-corrected chi connectivity index (χ3v) is 6.24. The Morgan fingerprint density at radius 1 is 0.935 bits per heavy atom. The van der Waals surface area contributed by atoms with Crippen LogP contribution in [0.1, 0.15) is 47.2 Å². The zero-order valence-electron chi connectivity index (χ0n) is 17.9. The molecule has 0 atom stereocenters. The van der Waals surface area contributed by atoms with Gasteiger partial charge in [0.15, 0.2) is 0 Å². The van der Waals surface area contributed by atoms with Gasteiger partial charge in [-0.1, -0.05) is 67.6 Å². The lowest BCUT2D eigenvalue weighted by Gasteiger charge is -2.32. The van der Waals surface area contributed by atoms with Crippen molar-refractivity contribution in [3.05, 3.63) is 89.5 Å². The maximum absolute atomic E-state index is 13.1. The number of piperidine rings is 1. The Labute approximate surface area is 184 Å². The van der Waals surface area contributed by atoms with E-state index in [-0.39, 0.29) is 5.91 Å². The summed E-state index contributed by atoms with van der Waals surface area (Å²) in [6.45, 7) is 3.70. The predicted octanol–water partition coefficient (Wildman–Crippen LogP) is 3.62. The van der Waals surface area contributed by atoms with Crippen LogP contribution in [0.3, 0.4) is 0 Å². The van der Waals surface area contributed by atoms with E-state index in [1.165, 1.54) is 11.1 Å². The maximum Gasteiger partial charge on any atom is 0.488 e. The first-order chi connectivity index (χ1) is 15.0. The number of nitrogens with zero attached hydrogens (tertiary/aromatic N) is 1. The lowest BCUT2D eigenvalue weighted by Crippen LogP contribution is -2.37. The standard InChI is InChI=1S/C26H28BNO3/c1-2-19-6-3-7-21(16-19)20-12-14-28(15-13-20)26(29)24-10-4-8-22(17-24)23-9-5-11-25(18-23)27(30)31/h3-11,16-18,20,30-31H,2,12-15H2,1H3. The fourth-order valence-electron chi connectivity index (χ4n) is 4.38. The number of aryl methyl sites for hydroxylation is 1. The van der Waals surface area contributed by atoms with Crippen LogP contribution in [0.4, 0.5) is 0 Å². The van der Waals surface area contributed by atoms with Crippen LogP contribution in [0, 0.1) is 0 Å². The second kappa shape index (κ2) is 9.50. The number of benzene rings is 3. The van der Waals surface area contributed by atoms with Crippen molar-refractivity contribution >= 4 is 18.5 Å². The zero-order valence-corrected chi connectivity index (χ0v) is 17.9. The smallest absolute Gasteiger partial charge is 0.423 e. The molecule has 0 spiro atoms. The van der Waals surface area contributed by atoms with Gasteiger partial charge in [0.1, 0.15) is 0 Å². The Morgan fingerprint density at radius 3 is 2.32 bits per heavy atom. The third kappa shape index (κ3) is 4.89. The molecule has 0 radical (unpaired) electrons. The number of likely N-dealkylation sites (tertiary alicyclic amines) is 1. The van der Waals surface area contributed by atoms with Crippen LogP contribution in [-0.4, -0.2) is 41.1 Å². The fourth-order valence-corrected chi connectivity index (χ4v) is 4.38. The van der Waals surface area contributed by atoms with Gasteiger partial charge < -0.3 is 14.9 Å². The zero-order chi connectivity index (χ0) is 21.8. The van der Waals surface area contributed by atoms with Gasteiger partial charge in [-0.3, -0.25) is 4.79 Å². The molecular formula is C26H28BNO3. The minimum absolute atomic E-state index is 0.0564. The molecule has 1 amide bonds. The molecule has 0 saturated carbocycles. The van der Waals surface area contributed by atoms with Crippen molar-refractivity contribution in [2.24, 2.45) is 0 Å². The van der Waals surface area contributed by atoms with Crippen LogP contribution in [-0.2, 0) is 6.42 Å². The number of hydrogen-bond donors (Lipinski definition) is 2. The summed E-state index contributed by atoms with van der Waals surface area (Å²) in [7, 11) is -1.51. The molecule has 1 aliphatic rings. The van der Waals surface area contributed by atoms with Gasteiger partial charge in [0.25, 0.3) is 5.91 Å². The van der Waals surface area contributed by atoms with Crippen molar-refractivity contribution in [3.8, 4) is 11.1 Å². The molecule has 31 heavy (non-hydrogen) atoms. The van der Waals surface area contributed by atoms with E-state index in [2.05, 4.69) is 31.2 Å². The van der Waals surface area contributed by atoms with Gasteiger partial charge in [0.05, 0.1) is 0 Å². The van der Waals surface area contributed by atoms with E-state index in [1.54, 1.807) is 18.2 Å². The molecule has 5 heteroatoms. The summed E-state index contributed by atoms with van der Waals surface area (Å²) in [4.78, 5) is 15.1. The summed E-state index contributed by atoms with van der Waals surface area (Å²) >= 11 is 0. The molecule has 3 aromatic rings. The minimum Gasteiger partial charge on any atom is -0.423 e. The van der Waals surface area contributed by atoms with E-state index in [1.807, 2.05) is 35.2 Å². The second-order valence-electron chi connectivity index (χ2n) is 8.25. The molecule has 3 aromatic carbocycles. The van der Waals surface area contributed by atoms with E-state index < -0.39 is 7.12 Å². The summed E-state index contributed by atoms with van der Waals surface area (Å²) in [6, 6.07) is 23.5. The van der Waals surface area contributed by atoms with E-state index in [4.69, 9.17) is 0 Å². The summed E-state index contributed by atoms with van der Waals surface area (Å²) < 4.78 is 0. The topological polar surface area (TPSA) is 60.8 Å². The SMILES string of the molecule is CCc1cccc(C2CCN(C(=O)c3cccc(-c4cccc(B(O)O)c4)c3)CC2)c1. The summed E-state index contributed by atoms with van der Waals surface area (Å²) in [6.07, 6.45) is 3.01. The van der Waals surface area contributed by atoms with E-state index >= 15 is 0 Å². The molecule has 4 nitrogen and oxygen atoms in total. The number of amides is 1. The first-order valence-corrected chi connectivity index (χ1v) is 11.0. The number of carbonyl (C=O) groups excluding carboxylic acids is 1. The first-order valence-electron chi connectivity index (χ1n) is 11.0. The third-order valence-electron chi connectivity index (χ3n) is 6.24. The van der Waals surface area contributed by atoms with Gasteiger partial charge in [-0.15, -0.1) is 0 Å². The van der Waals surface area contributed by atoms with Gasteiger partial charge in [-0.2, -0.15) is 0 Å². The summed E-state index contributed by atoms with van der Waals surface area (Å²) in [5, 5.41) is 18.9. The predicted molar refractivity (Wildman–Crippen MR) is 125 cm³/mol. The highest BCUT2D eigenvalue weighted by Crippen LogP contribution is 2.30. The van der Waals surface area contributed by atoms with Gasteiger partial charge in [-0.05, 0) is 65.0 Å². The Morgan fingerprint density at radius 2 is 1.61 bits per heavy atom.